The summed E-state index contributed by atoms with van der Waals surface area (Å²) in [4.78, 5) is 0.820. The Hall–Kier alpha value is -1.45. The predicted molar refractivity (Wildman–Crippen MR) is 71.0 cm³/mol. The van der Waals surface area contributed by atoms with Crippen molar-refractivity contribution in [1.82, 2.24) is 4.72 Å². The standard InChI is InChI=1S/C14H15NOS/c16-17(14-9-5-2-6-10-14)15-12-11-13-7-3-1-4-8-13/h1-10,15H,11-12H2. The van der Waals surface area contributed by atoms with Crippen molar-refractivity contribution in [3.05, 3.63) is 66.2 Å². The molecular formula is C14H15NOS. The largest absolute Gasteiger partial charge is 0.238 e. The molecule has 2 aromatic carbocycles. The molecule has 0 fully saturated rings. The Morgan fingerprint density at radius 1 is 0.882 bits per heavy atom. The number of hydrogen-bond acceptors (Lipinski definition) is 1. The smallest absolute Gasteiger partial charge is 0.124 e. The lowest BCUT2D eigenvalue weighted by atomic mass is 10.2. The van der Waals surface area contributed by atoms with Gasteiger partial charge in [-0.25, -0.2) is 8.93 Å². The van der Waals surface area contributed by atoms with Gasteiger partial charge >= 0.3 is 0 Å². The van der Waals surface area contributed by atoms with E-state index in [-0.39, 0.29) is 0 Å². The van der Waals surface area contributed by atoms with Crippen LogP contribution in [0.2, 0.25) is 0 Å². The van der Waals surface area contributed by atoms with Crippen LogP contribution in [0.5, 0.6) is 0 Å². The van der Waals surface area contributed by atoms with E-state index in [2.05, 4.69) is 16.9 Å². The summed E-state index contributed by atoms with van der Waals surface area (Å²) >= 11 is 0. The van der Waals surface area contributed by atoms with Crippen molar-refractivity contribution in [3.8, 4) is 0 Å². The molecule has 2 nitrogen and oxygen atoms in total. The highest BCUT2D eigenvalue weighted by atomic mass is 32.2. The molecule has 0 saturated carbocycles. The minimum Gasteiger partial charge on any atom is -0.238 e. The normalized spacial score (nSPS) is 12.2. The molecular weight excluding hydrogens is 230 g/mol. The quantitative estimate of drug-likeness (QED) is 0.861. The fourth-order valence-corrected chi connectivity index (χ4v) is 2.42. The minimum absolute atomic E-state index is 0.714. The van der Waals surface area contributed by atoms with E-state index in [0.717, 1.165) is 11.3 Å². The van der Waals surface area contributed by atoms with Crippen LogP contribution >= 0.6 is 0 Å². The molecule has 0 spiro atoms. The van der Waals surface area contributed by atoms with Crippen LogP contribution in [0.25, 0.3) is 0 Å². The van der Waals surface area contributed by atoms with E-state index in [1.807, 2.05) is 48.5 Å². The van der Waals surface area contributed by atoms with Crippen LogP contribution in [0.15, 0.2) is 65.6 Å². The van der Waals surface area contributed by atoms with E-state index in [0.29, 0.717) is 6.54 Å². The van der Waals surface area contributed by atoms with Gasteiger partial charge in [0, 0.05) is 6.54 Å². The zero-order valence-electron chi connectivity index (χ0n) is 9.50. The maximum absolute atomic E-state index is 11.8. The van der Waals surface area contributed by atoms with Gasteiger partial charge in [-0.3, -0.25) is 0 Å². The highest BCUT2D eigenvalue weighted by Crippen LogP contribution is 2.03. The summed E-state index contributed by atoms with van der Waals surface area (Å²) in [6.07, 6.45) is 0.888. The summed E-state index contributed by atoms with van der Waals surface area (Å²) in [6.45, 7) is 0.714. The lowest BCUT2D eigenvalue weighted by Crippen LogP contribution is -2.20. The third-order valence-corrected chi connectivity index (χ3v) is 3.61. The predicted octanol–water partition coefficient (Wildman–Crippen LogP) is 2.54. The molecule has 1 unspecified atom stereocenters. The van der Waals surface area contributed by atoms with Crippen LogP contribution in [0.3, 0.4) is 0 Å². The summed E-state index contributed by atoms with van der Waals surface area (Å²) in [6, 6.07) is 19.6. The highest BCUT2D eigenvalue weighted by Gasteiger charge is 2.01. The lowest BCUT2D eigenvalue weighted by Gasteiger charge is -2.04. The van der Waals surface area contributed by atoms with E-state index < -0.39 is 11.0 Å². The molecule has 0 amide bonds. The second kappa shape index (κ2) is 6.33. The molecule has 1 N–H and O–H groups in total. The van der Waals surface area contributed by atoms with Gasteiger partial charge in [0.15, 0.2) is 0 Å². The molecule has 0 bridgehead atoms. The Bertz CT molecular complexity index is 470. The summed E-state index contributed by atoms with van der Waals surface area (Å²) in [5.41, 5.74) is 1.25. The summed E-state index contributed by atoms with van der Waals surface area (Å²) in [5.74, 6) is 0. The zero-order valence-corrected chi connectivity index (χ0v) is 10.3. The van der Waals surface area contributed by atoms with Crippen LogP contribution < -0.4 is 4.72 Å². The van der Waals surface area contributed by atoms with E-state index >= 15 is 0 Å². The van der Waals surface area contributed by atoms with Gasteiger partial charge in [-0.2, -0.15) is 0 Å². The van der Waals surface area contributed by atoms with Gasteiger partial charge in [0.25, 0.3) is 0 Å². The number of nitrogens with one attached hydrogen (secondary N) is 1. The fraction of sp³-hybridized carbons (Fsp3) is 0.143. The SMILES string of the molecule is O=S(NCCc1ccccc1)c1ccccc1. The monoisotopic (exact) mass is 245 g/mol. The molecule has 2 aromatic rings. The maximum atomic E-state index is 11.8. The molecule has 0 saturated heterocycles. The van der Waals surface area contributed by atoms with Crippen molar-refractivity contribution in [3.63, 3.8) is 0 Å². The lowest BCUT2D eigenvalue weighted by molar-refractivity contribution is 0.671. The van der Waals surface area contributed by atoms with Crippen molar-refractivity contribution in [2.75, 3.05) is 6.54 Å². The van der Waals surface area contributed by atoms with E-state index in [1.165, 1.54) is 5.56 Å². The van der Waals surface area contributed by atoms with Gasteiger partial charge in [0.2, 0.25) is 0 Å². The first-order chi connectivity index (χ1) is 8.36. The van der Waals surface area contributed by atoms with Crippen molar-refractivity contribution < 1.29 is 4.21 Å². The summed E-state index contributed by atoms with van der Waals surface area (Å²) in [5, 5.41) is 0. The van der Waals surface area contributed by atoms with Gasteiger partial charge in [-0.1, -0.05) is 48.5 Å². The highest BCUT2D eigenvalue weighted by molar-refractivity contribution is 7.83. The molecule has 0 aliphatic rings. The molecule has 0 aliphatic heterocycles. The molecule has 17 heavy (non-hydrogen) atoms. The average Bonchev–Trinajstić information content (AvgIpc) is 2.41. The summed E-state index contributed by atoms with van der Waals surface area (Å²) in [7, 11) is -1.11. The second-order valence-electron chi connectivity index (χ2n) is 3.71. The first-order valence-corrected chi connectivity index (χ1v) is 6.75. The van der Waals surface area contributed by atoms with Crippen molar-refractivity contribution in [2.24, 2.45) is 0 Å². The third kappa shape index (κ3) is 3.80. The maximum Gasteiger partial charge on any atom is 0.124 e. The molecule has 0 aromatic heterocycles. The van der Waals surface area contributed by atoms with Gasteiger partial charge in [-0.15, -0.1) is 0 Å². The Morgan fingerprint density at radius 3 is 2.12 bits per heavy atom. The van der Waals surface area contributed by atoms with Gasteiger partial charge in [0.1, 0.15) is 11.0 Å². The Kier molecular flexibility index (Phi) is 4.47. The molecule has 0 radical (unpaired) electrons. The Balaban J connectivity index is 1.82. The van der Waals surface area contributed by atoms with Gasteiger partial charge in [0.05, 0.1) is 4.90 Å². The van der Waals surface area contributed by atoms with Crippen LogP contribution in [0, 0.1) is 0 Å². The topological polar surface area (TPSA) is 29.1 Å². The zero-order chi connectivity index (χ0) is 11.9. The third-order valence-electron chi connectivity index (χ3n) is 2.45. The fourth-order valence-electron chi connectivity index (χ4n) is 1.56. The van der Waals surface area contributed by atoms with Gasteiger partial charge in [-0.05, 0) is 24.1 Å². The number of benzene rings is 2. The molecule has 3 heteroatoms. The van der Waals surface area contributed by atoms with Crippen LogP contribution in [0.4, 0.5) is 0 Å². The van der Waals surface area contributed by atoms with E-state index in [1.54, 1.807) is 0 Å². The van der Waals surface area contributed by atoms with Crippen LogP contribution in [-0.2, 0) is 17.4 Å². The van der Waals surface area contributed by atoms with Crippen LogP contribution in [0.1, 0.15) is 5.56 Å². The molecule has 0 aliphatic carbocycles. The Morgan fingerprint density at radius 2 is 1.47 bits per heavy atom. The van der Waals surface area contributed by atoms with E-state index in [4.69, 9.17) is 0 Å². The van der Waals surface area contributed by atoms with Crippen LogP contribution in [-0.4, -0.2) is 10.8 Å². The average molecular weight is 245 g/mol. The van der Waals surface area contributed by atoms with Crippen molar-refractivity contribution >= 4 is 11.0 Å². The first-order valence-electron chi connectivity index (χ1n) is 5.60. The molecule has 2 rings (SSSR count). The molecule has 1 atom stereocenters. The summed E-state index contributed by atoms with van der Waals surface area (Å²) < 4.78 is 14.9. The molecule has 88 valence electrons. The number of hydrogen-bond donors (Lipinski definition) is 1. The molecule has 0 heterocycles. The second-order valence-corrected chi connectivity index (χ2v) is 5.01. The Labute approximate surface area is 104 Å². The van der Waals surface area contributed by atoms with Crippen molar-refractivity contribution in [2.45, 2.75) is 11.3 Å². The number of rotatable bonds is 5. The van der Waals surface area contributed by atoms with Gasteiger partial charge < -0.3 is 0 Å². The van der Waals surface area contributed by atoms with Crippen molar-refractivity contribution in [1.29, 1.82) is 0 Å². The first kappa shape index (κ1) is 12.0. The van der Waals surface area contributed by atoms with E-state index in [9.17, 15) is 4.21 Å². The minimum atomic E-state index is -1.11.